The average Bonchev–Trinajstić information content (AvgIpc) is 2.35. The van der Waals surface area contributed by atoms with Crippen LogP contribution in [-0.4, -0.2) is 28.4 Å². The molecule has 0 fully saturated rings. The summed E-state index contributed by atoms with van der Waals surface area (Å²) in [5.41, 5.74) is 0.238. The first kappa shape index (κ1) is 15.6. The molecule has 0 radical (unpaired) electrons. The summed E-state index contributed by atoms with van der Waals surface area (Å²) in [5, 5.41) is 8.54. The molecule has 0 heterocycles. The molecule has 19 heavy (non-hydrogen) atoms. The molecule has 0 spiro atoms. The molecule has 1 aromatic carbocycles. The van der Waals surface area contributed by atoms with E-state index in [9.17, 15) is 9.59 Å². The van der Waals surface area contributed by atoms with Gasteiger partial charge in [-0.1, -0.05) is 6.92 Å². The van der Waals surface area contributed by atoms with Crippen molar-refractivity contribution in [1.29, 1.82) is 0 Å². The summed E-state index contributed by atoms with van der Waals surface area (Å²) in [4.78, 5) is 23.4. The van der Waals surface area contributed by atoms with Gasteiger partial charge in [0.25, 0.3) is 0 Å². The number of aromatic carboxylic acids is 1. The first-order valence-corrected chi connectivity index (χ1v) is 7.02. The Balaban J connectivity index is 2.70. The van der Waals surface area contributed by atoms with Crippen molar-refractivity contribution in [3.05, 3.63) is 29.8 Å². The van der Waals surface area contributed by atoms with Crippen molar-refractivity contribution < 1.29 is 19.4 Å². The summed E-state index contributed by atoms with van der Waals surface area (Å²) in [6, 6.07) is 6.48. The minimum atomic E-state index is -0.956. The zero-order valence-electron chi connectivity index (χ0n) is 11.3. The molecule has 5 heteroatoms. The molecule has 1 rings (SSSR count). The molecule has 4 nitrogen and oxygen atoms in total. The van der Waals surface area contributed by atoms with E-state index in [0.29, 0.717) is 6.42 Å². The van der Waals surface area contributed by atoms with E-state index in [-0.39, 0.29) is 22.9 Å². The van der Waals surface area contributed by atoms with Crippen molar-refractivity contribution in [3.8, 4) is 0 Å². The number of carbonyl (C=O) groups is 2. The van der Waals surface area contributed by atoms with E-state index in [2.05, 4.69) is 0 Å². The van der Waals surface area contributed by atoms with Crippen LogP contribution in [0.25, 0.3) is 0 Å². The monoisotopic (exact) mass is 282 g/mol. The molecular weight excluding hydrogens is 264 g/mol. The number of carbonyl (C=O) groups excluding carboxylic acids is 1. The van der Waals surface area contributed by atoms with Crippen molar-refractivity contribution in [2.75, 3.05) is 0 Å². The van der Waals surface area contributed by atoms with E-state index in [1.165, 1.54) is 23.9 Å². The van der Waals surface area contributed by atoms with E-state index in [4.69, 9.17) is 9.84 Å². The highest BCUT2D eigenvalue weighted by Gasteiger charge is 2.20. The summed E-state index contributed by atoms with van der Waals surface area (Å²) in [5.74, 6) is -1.19. The Kier molecular flexibility index (Phi) is 5.89. The number of rotatable bonds is 6. The van der Waals surface area contributed by atoms with Crippen LogP contribution in [-0.2, 0) is 9.53 Å². The smallest absolute Gasteiger partial charge is 0.335 e. The maximum absolute atomic E-state index is 11.8. The molecule has 1 atom stereocenters. The maximum atomic E-state index is 11.8. The van der Waals surface area contributed by atoms with E-state index in [1.54, 1.807) is 12.1 Å². The van der Waals surface area contributed by atoms with E-state index in [0.717, 1.165) is 4.90 Å². The fourth-order valence-electron chi connectivity index (χ4n) is 1.45. The molecule has 1 aromatic rings. The third-order valence-corrected chi connectivity index (χ3v) is 3.72. The highest BCUT2D eigenvalue weighted by atomic mass is 32.2. The van der Waals surface area contributed by atoms with Crippen LogP contribution in [0.4, 0.5) is 0 Å². The normalized spacial score (nSPS) is 12.2. The molecule has 0 aliphatic rings. The molecule has 0 aromatic heterocycles. The molecule has 0 amide bonds. The number of carboxylic acid groups (broad SMARTS) is 1. The summed E-state index contributed by atoms with van der Waals surface area (Å²) >= 11 is 1.39. The van der Waals surface area contributed by atoms with Gasteiger partial charge < -0.3 is 9.84 Å². The highest BCUT2D eigenvalue weighted by Crippen LogP contribution is 2.26. The molecule has 1 unspecified atom stereocenters. The number of thioether (sulfide) groups is 1. The topological polar surface area (TPSA) is 63.6 Å². The van der Waals surface area contributed by atoms with Gasteiger partial charge in [0.05, 0.1) is 11.7 Å². The van der Waals surface area contributed by atoms with Gasteiger partial charge >= 0.3 is 11.9 Å². The van der Waals surface area contributed by atoms with Gasteiger partial charge in [0.2, 0.25) is 0 Å². The van der Waals surface area contributed by atoms with Crippen LogP contribution >= 0.6 is 11.8 Å². The lowest BCUT2D eigenvalue weighted by Gasteiger charge is -2.15. The van der Waals surface area contributed by atoms with Crippen LogP contribution < -0.4 is 0 Å². The van der Waals surface area contributed by atoms with Crippen molar-refractivity contribution in [1.82, 2.24) is 0 Å². The van der Waals surface area contributed by atoms with Crippen molar-refractivity contribution in [2.45, 2.75) is 43.4 Å². The number of ether oxygens (including phenoxy) is 1. The van der Waals surface area contributed by atoms with Gasteiger partial charge in [0.1, 0.15) is 5.25 Å². The van der Waals surface area contributed by atoms with E-state index >= 15 is 0 Å². The standard InChI is InChI=1S/C14H18O4S/c1-4-12(14(17)18-9(2)3)19-11-7-5-10(6-8-11)13(15)16/h5-9,12H,4H2,1-3H3,(H,15,16). The lowest BCUT2D eigenvalue weighted by atomic mass is 10.2. The third-order valence-electron chi connectivity index (χ3n) is 2.37. The molecule has 0 bridgehead atoms. The Morgan fingerprint density at radius 1 is 1.26 bits per heavy atom. The predicted octanol–water partition coefficient (Wildman–Crippen LogP) is 3.21. The summed E-state index contributed by atoms with van der Waals surface area (Å²) in [6.45, 7) is 5.55. The second-order valence-corrected chi connectivity index (χ2v) is 5.61. The predicted molar refractivity (Wildman–Crippen MR) is 74.6 cm³/mol. The Bertz CT molecular complexity index is 439. The molecule has 104 valence electrons. The lowest BCUT2D eigenvalue weighted by molar-refractivity contribution is -0.146. The third kappa shape index (κ3) is 4.95. The maximum Gasteiger partial charge on any atom is 0.335 e. The minimum absolute atomic E-state index is 0.128. The number of hydrogen-bond donors (Lipinski definition) is 1. The highest BCUT2D eigenvalue weighted by molar-refractivity contribution is 8.00. The first-order valence-electron chi connectivity index (χ1n) is 6.14. The van der Waals surface area contributed by atoms with Crippen LogP contribution in [0.5, 0.6) is 0 Å². The fourth-order valence-corrected chi connectivity index (χ4v) is 2.39. The van der Waals surface area contributed by atoms with Gasteiger partial charge in [-0.25, -0.2) is 4.79 Å². The summed E-state index contributed by atoms with van der Waals surface area (Å²) in [7, 11) is 0. The molecule has 1 N–H and O–H groups in total. The van der Waals surface area contributed by atoms with Crippen LogP contribution in [0.3, 0.4) is 0 Å². The Hall–Kier alpha value is -1.49. The fraction of sp³-hybridized carbons (Fsp3) is 0.429. The van der Waals surface area contributed by atoms with Gasteiger partial charge in [-0.05, 0) is 44.5 Å². The number of hydrogen-bond acceptors (Lipinski definition) is 4. The SMILES string of the molecule is CCC(Sc1ccc(C(=O)O)cc1)C(=O)OC(C)C. The Morgan fingerprint density at radius 3 is 2.26 bits per heavy atom. The van der Waals surface area contributed by atoms with Gasteiger partial charge in [0, 0.05) is 4.90 Å². The number of esters is 1. The second kappa shape index (κ2) is 7.19. The quantitative estimate of drug-likeness (QED) is 0.641. The summed E-state index contributed by atoms with van der Waals surface area (Å²) < 4.78 is 5.18. The van der Waals surface area contributed by atoms with Crippen LogP contribution in [0, 0.1) is 0 Å². The Labute approximate surface area is 117 Å². The van der Waals surface area contributed by atoms with Crippen LogP contribution in [0.2, 0.25) is 0 Å². The molecular formula is C14H18O4S. The summed E-state index contributed by atoms with van der Waals surface area (Å²) in [6.07, 6.45) is 0.535. The van der Waals surface area contributed by atoms with Crippen molar-refractivity contribution >= 4 is 23.7 Å². The van der Waals surface area contributed by atoms with Gasteiger partial charge in [-0.15, -0.1) is 11.8 Å². The van der Waals surface area contributed by atoms with Gasteiger partial charge in [-0.3, -0.25) is 4.79 Å². The molecule has 0 saturated heterocycles. The average molecular weight is 282 g/mol. The first-order chi connectivity index (χ1) is 8.93. The molecule has 0 aliphatic carbocycles. The number of benzene rings is 1. The van der Waals surface area contributed by atoms with Crippen molar-refractivity contribution in [3.63, 3.8) is 0 Å². The molecule has 0 aliphatic heterocycles. The lowest BCUT2D eigenvalue weighted by Crippen LogP contribution is -2.22. The van der Waals surface area contributed by atoms with Gasteiger partial charge in [0.15, 0.2) is 0 Å². The van der Waals surface area contributed by atoms with E-state index in [1.807, 2.05) is 20.8 Å². The largest absolute Gasteiger partial charge is 0.478 e. The second-order valence-electron chi connectivity index (χ2n) is 4.33. The minimum Gasteiger partial charge on any atom is -0.478 e. The van der Waals surface area contributed by atoms with Crippen LogP contribution in [0.1, 0.15) is 37.6 Å². The van der Waals surface area contributed by atoms with Gasteiger partial charge in [-0.2, -0.15) is 0 Å². The van der Waals surface area contributed by atoms with Crippen molar-refractivity contribution in [2.24, 2.45) is 0 Å². The zero-order valence-corrected chi connectivity index (χ0v) is 12.1. The molecule has 0 saturated carbocycles. The zero-order chi connectivity index (χ0) is 14.4. The van der Waals surface area contributed by atoms with Crippen LogP contribution in [0.15, 0.2) is 29.2 Å². The number of carboxylic acids is 1. The van der Waals surface area contributed by atoms with E-state index < -0.39 is 5.97 Å². The Morgan fingerprint density at radius 2 is 1.84 bits per heavy atom.